The maximum Gasteiger partial charge on any atom is 0.243 e. The zero-order valence-corrected chi connectivity index (χ0v) is 20.5. The molecule has 0 bridgehead atoms. The van der Waals surface area contributed by atoms with Gasteiger partial charge in [-0.1, -0.05) is 18.2 Å². The highest BCUT2D eigenvalue weighted by Crippen LogP contribution is 2.34. The van der Waals surface area contributed by atoms with Gasteiger partial charge in [-0.3, -0.25) is 14.5 Å². The van der Waals surface area contributed by atoms with Crippen LogP contribution in [0.15, 0.2) is 41.8 Å². The molecule has 4 rings (SSSR count). The largest absolute Gasteiger partial charge is 0.295 e. The number of sulfonamides is 1. The molecule has 1 aliphatic heterocycles. The minimum absolute atomic E-state index is 0.0103. The van der Waals surface area contributed by atoms with Gasteiger partial charge in [0, 0.05) is 36.0 Å². The minimum Gasteiger partial charge on any atom is -0.295 e. The second-order valence-corrected chi connectivity index (χ2v) is 11.6. The molecule has 1 aromatic carbocycles. The van der Waals surface area contributed by atoms with Gasteiger partial charge in [0.15, 0.2) is 10.9 Å². The van der Waals surface area contributed by atoms with Gasteiger partial charge in [-0.15, -0.1) is 17.9 Å². The minimum atomic E-state index is -3.67. The number of rotatable bonds is 7. The van der Waals surface area contributed by atoms with E-state index < -0.39 is 10.0 Å². The zero-order valence-electron chi connectivity index (χ0n) is 18.8. The van der Waals surface area contributed by atoms with Crippen LogP contribution in [-0.4, -0.2) is 49.0 Å². The molecule has 2 aliphatic rings. The molecule has 1 saturated heterocycles. The molecule has 2 aromatic rings. The summed E-state index contributed by atoms with van der Waals surface area (Å²) in [6, 6.07) is 6.01. The normalized spacial score (nSPS) is 17.4. The molecule has 33 heavy (non-hydrogen) atoms. The number of hydrogen-bond acceptors (Lipinski definition) is 6. The summed E-state index contributed by atoms with van der Waals surface area (Å²) < 4.78 is 27.5. The van der Waals surface area contributed by atoms with Gasteiger partial charge in [0.05, 0.1) is 10.6 Å². The van der Waals surface area contributed by atoms with Crippen molar-refractivity contribution in [3.05, 3.63) is 53.1 Å². The Labute approximate surface area is 199 Å². The Morgan fingerprint density at radius 3 is 2.45 bits per heavy atom. The zero-order chi connectivity index (χ0) is 23.6. The van der Waals surface area contributed by atoms with E-state index >= 15 is 0 Å². The van der Waals surface area contributed by atoms with Crippen LogP contribution < -0.4 is 4.90 Å². The number of carbonyl (C=O) groups is 2. The molecule has 2 heterocycles. The van der Waals surface area contributed by atoms with Crippen molar-refractivity contribution in [3.8, 4) is 0 Å². The number of Topliss-reactive ketones (excluding diaryl/α,β-unsaturated/α-hetero) is 1. The van der Waals surface area contributed by atoms with E-state index in [1.165, 1.54) is 40.4 Å². The fourth-order valence-corrected chi connectivity index (χ4v) is 7.05. The van der Waals surface area contributed by atoms with E-state index in [2.05, 4.69) is 6.58 Å². The van der Waals surface area contributed by atoms with Crippen LogP contribution in [0.4, 0.5) is 5.13 Å². The summed E-state index contributed by atoms with van der Waals surface area (Å²) in [6.45, 7) is 6.21. The molecule has 1 fully saturated rings. The van der Waals surface area contributed by atoms with Gasteiger partial charge in [0.2, 0.25) is 15.9 Å². The van der Waals surface area contributed by atoms with Crippen molar-refractivity contribution in [1.29, 1.82) is 0 Å². The number of thiazole rings is 1. The molecule has 9 heteroatoms. The van der Waals surface area contributed by atoms with Gasteiger partial charge < -0.3 is 0 Å². The van der Waals surface area contributed by atoms with E-state index in [1.54, 1.807) is 22.3 Å². The number of anilines is 1. The Bertz CT molecular complexity index is 1120. The first-order valence-electron chi connectivity index (χ1n) is 11.3. The Kier molecular flexibility index (Phi) is 7.11. The number of benzene rings is 1. The van der Waals surface area contributed by atoms with E-state index in [0.29, 0.717) is 24.9 Å². The van der Waals surface area contributed by atoms with Crippen LogP contribution in [0.1, 0.15) is 53.5 Å². The van der Waals surface area contributed by atoms with Crippen LogP contribution in [0.3, 0.4) is 0 Å². The smallest absolute Gasteiger partial charge is 0.243 e. The predicted octanol–water partition coefficient (Wildman–Crippen LogP) is 3.84. The van der Waals surface area contributed by atoms with Crippen molar-refractivity contribution < 1.29 is 18.0 Å². The third-order valence-corrected chi connectivity index (χ3v) is 9.44. The number of hydrogen-bond donors (Lipinski definition) is 0. The van der Waals surface area contributed by atoms with E-state index in [9.17, 15) is 18.0 Å². The molecule has 176 valence electrons. The monoisotopic (exact) mass is 487 g/mol. The van der Waals surface area contributed by atoms with Crippen molar-refractivity contribution >= 4 is 38.2 Å². The van der Waals surface area contributed by atoms with Crippen LogP contribution >= 0.6 is 11.3 Å². The van der Waals surface area contributed by atoms with Crippen LogP contribution in [0.5, 0.6) is 0 Å². The van der Waals surface area contributed by atoms with E-state index in [-0.39, 0.29) is 35.6 Å². The number of piperidine rings is 1. The van der Waals surface area contributed by atoms with E-state index in [4.69, 9.17) is 4.98 Å². The number of aryl methyl sites for hydroxylation is 2. The lowest BCUT2D eigenvalue weighted by atomic mass is 9.96. The van der Waals surface area contributed by atoms with Gasteiger partial charge in [-0.25, -0.2) is 13.4 Å². The first-order chi connectivity index (χ1) is 15.8. The molecular formula is C24H29N3O4S2. The second-order valence-electron chi connectivity index (χ2n) is 8.57. The average molecular weight is 488 g/mol. The lowest BCUT2D eigenvalue weighted by molar-refractivity contribution is -0.123. The first kappa shape index (κ1) is 23.8. The van der Waals surface area contributed by atoms with E-state index in [0.717, 1.165) is 36.5 Å². The maximum atomic E-state index is 13.4. The molecule has 1 aliphatic carbocycles. The number of aromatic nitrogens is 1. The summed E-state index contributed by atoms with van der Waals surface area (Å²) in [4.78, 5) is 32.7. The third-order valence-electron chi connectivity index (χ3n) is 6.34. The summed E-state index contributed by atoms with van der Waals surface area (Å²) in [7, 11) is -3.67. The molecule has 0 atom stereocenters. The summed E-state index contributed by atoms with van der Waals surface area (Å²) in [5.41, 5.74) is 1.59. The van der Waals surface area contributed by atoms with Crippen LogP contribution in [-0.2, 0) is 27.7 Å². The van der Waals surface area contributed by atoms with Crippen molar-refractivity contribution in [2.24, 2.45) is 5.92 Å². The first-order valence-corrected chi connectivity index (χ1v) is 13.6. The van der Waals surface area contributed by atoms with Gasteiger partial charge in [-0.05, 0) is 57.6 Å². The molecular weight excluding hydrogens is 458 g/mol. The Morgan fingerprint density at radius 1 is 1.18 bits per heavy atom. The second kappa shape index (κ2) is 9.87. The lowest BCUT2D eigenvalue weighted by Crippen LogP contribution is -2.44. The van der Waals surface area contributed by atoms with Crippen molar-refractivity contribution in [2.45, 2.75) is 50.3 Å². The molecule has 0 unspecified atom stereocenters. The number of amides is 1. The molecule has 0 saturated carbocycles. The van der Waals surface area contributed by atoms with Gasteiger partial charge in [0.1, 0.15) is 0 Å². The lowest BCUT2D eigenvalue weighted by Gasteiger charge is -2.32. The summed E-state index contributed by atoms with van der Waals surface area (Å²) >= 11 is 1.60. The van der Waals surface area contributed by atoms with Gasteiger partial charge in [0.25, 0.3) is 0 Å². The Balaban J connectivity index is 1.44. The number of fused-ring (bicyclic) bond motifs is 1. The Morgan fingerprint density at radius 2 is 1.85 bits per heavy atom. The van der Waals surface area contributed by atoms with Gasteiger partial charge >= 0.3 is 0 Å². The summed E-state index contributed by atoms with van der Waals surface area (Å²) in [5.74, 6) is -0.371. The number of nitrogens with zero attached hydrogens (tertiary/aromatic N) is 3. The third kappa shape index (κ3) is 4.95. The maximum absolute atomic E-state index is 13.4. The molecule has 7 nitrogen and oxygen atoms in total. The quantitative estimate of drug-likeness (QED) is 0.437. The number of carbonyl (C=O) groups excluding carboxylic acids is 2. The topological polar surface area (TPSA) is 87.7 Å². The van der Waals surface area contributed by atoms with E-state index in [1.807, 2.05) is 0 Å². The highest BCUT2D eigenvalue weighted by atomic mass is 32.2. The summed E-state index contributed by atoms with van der Waals surface area (Å²) in [6.07, 6.45) is 6.91. The van der Waals surface area contributed by atoms with Crippen molar-refractivity contribution in [1.82, 2.24) is 9.29 Å². The van der Waals surface area contributed by atoms with Crippen LogP contribution in [0.25, 0.3) is 0 Å². The Hall–Kier alpha value is -2.36. The highest BCUT2D eigenvalue weighted by molar-refractivity contribution is 7.89. The molecule has 0 spiro atoms. The highest BCUT2D eigenvalue weighted by Gasteiger charge is 2.35. The molecule has 1 amide bonds. The molecule has 1 aromatic heterocycles. The molecule has 0 N–H and O–H groups in total. The molecule has 0 radical (unpaired) electrons. The van der Waals surface area contributed by atoms with Crippen LogP contribution in [0.2, 0.25) is 0 Å². The fourth-order valence-electron chi connectivity index (χ4n) is 4.42. The number of ketones is 1. The van der Waals surface area contributed by atoms with Crippen LogP contribution in [0, 0.1) is 5.92 Å². The SMILES string of the molecule is C=CCN(C(=O)C1CCN(S(=O)(=O)c2ccc(C(C)=O)cc2)CC1)c1nc2c(s1)CCCC2. The fraction of sp³-hybridized carbons (Fsp3) is 0.458. The van der Waals surface area contributed by atoms with Crippen molar-refractivity contribution in [2.75, 3.05) is 24.5 Å². The summed E-state index contributed by atoms with van der Waals surface area (Å²) in [5, 5.41) is 0.729. The average Bonchev–Trinajstić information content (AvgIpc) is 3.26. The van der Waals surface area contributed by atoms with Gasteiger partial charge in [-0.2, -0.15) is 4.31 Å². The predicted molar refractivity (Wildman–Crippen MR) is 129 cm³/mol. The standard InChI is InChI=1S/C24H29N3O4S2/c1-3-14-27(24-25-21-6-4-5-7-22(21)32-24)23(29)19-12-15-26(16-13-19)33(30,31)20-10-8-18(9-11-20)17(2)28/h3,8-11,19H,1,4-7,12-16H2,2H3. The van der Waals surface area contributed by atoms with Crippen molar-refractivity contribution in [3.63, 3.8) is 0 Å².